The minimum absolute atomic E-state index is 0.311. The predicted molar refractivity (Wildman–Crippen MR) is 78.1 cm³/mol. The summed E-state index contributed by atoms with van der Waals surface area (Å²) in [5.74, 6) is 0. The number of nitrogens with zero attached hydrogens (tertiary/aromatic N) is 2. The molecule has 1 N–H and O–H groups in total. The molecule has 0 atom stereocenters. The van der Waals surface area contributed by atoms with Crippen LogP contribution >= 0.6 is 7.82 Å². The van der Waals surface area contributed by atoms with Gasteiger partial charge in [0.05, 0.1) is 12.2 Å². The first-order chi connectivity index (χ1) is 10.8. The minimum atomic E-state index is -4.26. The Morgan fingerprint density at radius 2 is 1.09 bits per heavy atom. The maximum absolute atomic E-state index is 12.0. The first-order valence-electron chi connectivity index (χ1n) is 7.73. The molecule has 10 nitrogen and oxygen atoms in total. The molecule has 2 aliphatic carbocycles. The lowest BCUT2D eigenvalue weighted by molar-refractivity contribution is -0.527. The first-order valence-corrected chi connectivity index (χ1v) is 9.23. The molecule has 2 saturated carbocycles. The predicted octanol–water partition coefficient (Wildman–Crippen LogP) is 2.30. The van der Waals surface area contributed by atoms with E-state index in [0.29, 0.717) is 51.4 Å². The van der Waals surface area contributed by atoms with Crippen molar-refractivity contribution < 1.29 is 28.4 Å². The molecule has 0 aromatic heterocycles. The number of hydrogen-bond donors (Lipinski definition) is 1. The van der Waals surface area contributed by atoms with Crippen LogP contribution in [0.4, 0.5) is 0 Å². The molecule has 0 unspecified atom stereocenters. The number of hydrogen-bond acceptors (Lipinski definition) is 7. The summed E-state index contributed by atoms with van der Waals surface area (Å²) in [6, 6.07) is -1.24. The number of phosphoric acid groups is 1. The van der Waals surface area contributed by atoms with Crippen molar-refractivity contribution in [1.82, 2.24) is 0 Å². The summed E-state index contributed by atoms with van der Waals surface area (Å²) in [6.45, 7) is 0. The largest absolute Gasteiger partial charge is 0.472 e. The van der Waals surface area contributed by atoms with Gasteiger partial charge in [0.1, 0.15) is 0 Å². The third-order valence-electron chi connectivity index (χ3n) is 4.45. The van der Waals surface area contributed by atoms with E-state index in [-0.39, 0.29) is 9.85 Å². The Kier molecular flexibility index (Phi) is 6.07. The molecule has 11 heteroatoms. The van der Waals surface area contributed by atoms with E-state index in [0.717, 1.165) is 0 Å². The maximum Gasteiger partial charge on any atom is 0.472 e. The van der Waals surface area contributed by atoms with Crippen LogP contribution in [0.1, 0.15) is 51.4 Å². The smallest absolute Gasteiger partial charge is 0.302 e. The molecule has 23 heavy (non-hydrogen) atoms. The summed E-state index contributed by atoms with van der Waals surface area (Å²) in [7, 11) is -4.26. The van der Waals surface area contributed by atoms with Gasteiger partial charge < -0.3 is 4.89 Å². The van der Waals surface area contributed by atoms with E-state index >= 15 is 0 Å². The fraction of sp³-hybridized carbons (Fsp3) is 1.00. The van der Waals surface area contributed by atoms with Gasteiger partial charge in [-0.25, -0.2) is 4.57 Å². The fourth-order valence-electron chi connectivity index (χ4n) is 3.12. The molecule has 0 amide bonds. The summed E-state index contributed by atoms with van der Waals surface area (Å²) in [4.78, 5) is 30.5. The van der Waals surface area contributed by atoms with Gasteiger partial charge in [-0.2, -0.15) is 0 Å². The van der Waals surface area contributed by atoms with Crippen LogP contribution < -0.4 is 0 Å². The van der Waals surface area contributed by atoms with Crippen molar-refractivity contribution in [1.29, 1.82) is 0 Å². The van der Waals surface area contributed by atoms with E-state index in [9.17, 15) is 29.7 Å². The molecule has 0 saturated heterocycles. The highest BCUT2D eigenvalue weighted by atomic mass is 31.2. The van der Waals surface area contributed by atoms with Gasteiger partial charge in [-0.15, -0.1) is 0 Å². The van der Waals surface area contributed by atoms with Crippen molar-refractivity contribution in [3.8, 4) is 0 Å². The van der Waals surface area contributed by atoms with Crippen molar-refractivity contribution in [3.05, 3.63) is 20.2 Å². The van der Waals surface area contributed by atoms with Crippen LogP contribution in [0.3, 0.4) is 0 Å². The number of phosphoric ester groups is 1. The molecule has 0 aromatic rings. The third kappa shape index (κ3) is 5.49. The highest BCUT2D eigenvalue weighted by Gasteiger charge is 2.37. The summed E-state index contributed by atoms with van der Waals surface area (Å²) >= 11 is 0. The third-order valence-corrected chi connectivity index (χ3v) is 5.58. The van der Waals surface area contributed by atoms with E-state index in [4.69, 9.17) is 9.05 Å². The molecule has 132 valence electrons. The SMILES string of the molecule is O=[N+]([O-])C1CCC(OP(=O)(O)OC2CCC([N+](=O)[O-])CC2)CC1. The normalized spacial score (nSPS) is 34.5. The highest BCUT2D eigenvalue weighted by molar-refractivity contribution is 7.47. The lowest BCUT2D eigenvalue weighted by Gasteiger charge is -2.29. The van der Waals surface area contributed by atoms with E-state index in [1.165, 1.54) is 0 Å². The van der Waals surface area contributed by atoms with E-state index in [1.54, 1.807) is 0 Å². The van der Waals surface area contributed by atoms with Crippen LogP contribution in [0, 0.1) is 20.2 Å². The molecule has 0 radical (unpaired) electrons. The van der Waals surface area contributed by atoms with Crippen molar-refractivity contribution >= 4 is 7.82 Å². The zero-order valence-corrected chi connectivity index (χ0v) is 13.5. The maximum atomic E-state index is 12.0. The highest BCUT2D eigenvalue weighted by Crippen LogP contribution is 2.49. The molecule has 2 aliphatic rings. The van der Waals surface area contributed by atoms with E-state index in [2.05, 4.69) is 0 Å². The zero-order valence-electron chi connectivity index (χ0n) is 12.6. The average molecular weight is 352 g/mol. The van der Waals surface area contributed by atoms with Gasteiger partial charge in [0, 0.05) is 35.5 Å². The van der Waals surface area contributed by atoms with Crippen molar-refractivity contribution in [3.63, 3.8) is 0 Å². The summed E-state index contributed by atoms with van der Waals surface area (Å²) < 4.78 is 22.3. The van der Waals surface area contributed by atoms with Gasteiger partial charge in [-0.1, -0.05) is 0 Å². The Balaban J connectivity index is 1.76. The lowest BCUT2D eigenvalue weighted by atomic mass is 9.94. The van der Waals surface area contributed by atoms with Gasteiger partial charge in [0.15, 0.2) is 0 Å². The lowest BCUT2D eigenvalue weighted by Crippen LogP contribution is -2.31. The minimum Gasteiger partial charge on any atom is -0.302 e. The van der Waals surface area contributed by atoms with Crippen LogP contribution in [0.15, 0.2) is 0 Å². The molecule has 2 rings (SSSR count). The average Bonchev–Trinajstić information content (AvgIpc) is 2.47. The molecule has 0 aromatic carbocycles. The van der Waals surface area contributed by atoms with Crippen LogP contribution in [0.25, 0.3) is 0 Å². The van der Waals surface area contributed by atoms with Crippen molar-refractivity contribution in [2.75, 3.05) is 0 Å². The van der Waals surface area contributed by atoms with Crippen LogP contribution in [-0.2, 0) is 13.6 Å². The Labute approximate surface area is 133 Å². The van der Waals surface area contributed by atoms with Gasteiger partial charge in [-0.05, 0) is 25.7 Å². The standard InChI is InChI=1S/C12H21N2O8P/c15-13(16)9-1-5-11(6-2-9)21-23(19,20)22-12-7-3-10(4-8-12)14(17)18/h9-12H,1-8H2,(H,19,20). The summed E-state index contributed by atoms with van der Waals surface area (Å²) in [6.07, 6.45) is 1.55. The topological polar surface area (TPSA) is 142 Å². The fourth-order valence-corrected chi connectivity index (χ4v) is 4.35. The van der Waals surface area contributed by atoms with E-state index < -0.39 is 32.1 Å². The van der Waals surface area contributed by atoms with Crippen molar-refractivity contribution in [2.24, 2.45) is 0 Å². The Morgan fingerprint density at radius 1 is 0.783 bits per heavy atom. The van der Waals surface area contributed by atoms with E-state index in [1.807, 2.05) is 0 Å². The molecule has 0 aliphatic heterocycles. The second-order valence-electron chi connectivity index (χ2n) is 6.11. The number of rotatable bonds is 6. The molecule has 0 heterocycles. The van der Waals surface area contributed by atoms with Gasteiger partial charge in [0.25, 0.3) is 0 Å². The zero-order chi connectivity index (χ0) is 17.0. The molecule has 0 bridgehead atoms. The van der Waals surface area contributed by atoms with Gasteiger partial charge in [0.2, 0.25) is 12.1 Å². The second kappa shape index (κ2) is 7.65. The molecular weight excluding hydrogens is 331 g/mol. The Bertz CT molecular complexity index is 445. The Morgan fingerprint density at radius 3 is 1.35 bits per heavy atom. The van der Waals surface area contributed by atoms with Gasteiger partial charge >= 0.3 is 7.82 Å². The Hall–Kier alpha value is -1.09. The van der Waals surface area contributed by atoms with Crippen molar-refractivity contribution in [2.45, 2.75) is 75.7 Å². The number of nitro groups is 2. The van der Waals surface area contributed by atoms with Crippen LogP contribution in [0.2, 0.25) is 0 Å². The molecule has 0 spiro atoms. The summed E-state index contributed by atoms with van der Waals surface area (Å²) in [5, 5.41) is 21.3. The van der Waals surface area contributed by atoms with Gasteiger partial charge in [-0.3, -0.25) is 29.3 Å². The summed E-state index contributed by atoms with van der Waals surface area (Å²) in [5.41, 5.74) is 0. The molecule has 2 fully saturated rings. The monoisotopic (exact) mass is 352 g/mol. The first kappa shape index (κ1) is 18.3. The van der Waals surface area contributed by atoms with Crippen LogP contribution in [0.5, 0.6) is 0 Å². The second-order valence-corrected chi connectivity index (χ2v) is 7.47. The molecular formula is C12H21N2O8P. The quantitative estimate of drug-likeness (QED) is 0.436. The van der Waals surface area contributed by atoms with Crippen LogP contribution in [-0.4, -0.2) is 39.0 Å².